The van der Waals surface area contributed by atoms with E-state index < -0.39 is 23.8 Å². The lowest BCUT2D eigenvalue weighted by molar-refractivity contribution is 0.145. The molecule has 1 N–H and O–H groups in total. The number of rotatable bonds is 2. The van der Waals surface area contributed by atoms with E-state index in [0.717, 1.165) is 22.9 Å². The van der Waals surface area contributed by atoms with Crippen molar-refractivity contribution in [2.24, 2.45) is 0 Å². The first-order valence-corrected chi connectivity index (χ1v) is 4.95. The second kappa shape index (κ2) is 4.33. The third-order valence-corrected chi connectivity index (χ3v) is 2.43. The highest BCUT2D eigenvalue weighted by molar-refractivity contribution is 7.71. The molecular weight excluding hydrogens is 256 g/mol. The van der Waals surface area contributed by atoms with E-state index >= 15 is 0 Å². The van der Waals surface area contributed by atoms with Gasteiger partial charge in [0, 0.05) is 12.1 Å². The molecule has 0 fully saturated rings. The topological polar surface area (TPSA) is 20.7 Å². The molecule has 0 saturated heterocycles. The third-order valence-electron chi connectivity index (χ3n) is 2.13. The zero-order valence-corrected chi connectivity index (χ0v) is 9.07. The van der Waals surface area contributed by atoms with Gasteiger partial charge in [0.05, 0.1) is 5.69 Å². The minimum absolute atomic E-state index is 0.00851. The highest BCUT2D eigenvalue weighted by Gasteiger charge is 2.13. The fraction of sp³-hybridized carbons (Fsp3) is 0.100. The molecule has 1 heterocycles. The van der Waals surface area contributed by atoms with Gasteiger partial charge in [-0.25, -0.2) is 22.2 Å². The Labute approximate surface area is 98.5 Å². The predicted octanol–water partition coefficient (Wildman–Crippen LogP) is 3.75. The fourth-order valence-corrected chi connectivity index (χ4v) is 1.64. The van der Waals surface area contributed by atoms with Crippen molar-refractivity contribution in [3.63, 3.8) is 0 Å². The van der Waals surface area contributed by atoms with Gasteiger partial charge in [0.1, 0.15) is 16.2 Å². The lowest BCUT2D eigenvalue weighted by atomic mass is 10.3. The normalized spacial score (nSPS) is 11.1. The molecule has 17 heavy (non-hydrogen) atoms. The number of halogens is 4. The number of aromatic amines is 1. The molecule has 0 spiro atoms. The van der Waals surface area contributed by atoms with E-state index in [1.54, 1.807) is 0 Å². The number of hydrogen-bond donors (Lipinski definition) is 1. The molecule has 0 bridgehead atoms. The van der Waals surface area contributed by atoms with Gasteiger partial charge in [-0.1, -0.05) is 12.2 Å². The van der Waals surface area contributed by atoms with Crippen molar-refractivity contribution >= 4 is 12.2 Å². The molecule has 90 valence electrons. The monoisotopic (exact) mass is 262 g/mol. The van der Waals surface area contributed by atoms with Gasteiger partial charge in [-0.3, -0.25) is 5.10 Å². The maximum absolute atomic E-state index is 13.4. The van der Waals surface area contributed by atoms with Crippen LogP contribution >= 0.6 is 12.2 Å². The number of H-pyrrole nitrogens is 1. The van der Waals surface area contributed by atoms with Gasteiger partial charge in [-0.15, -0.1) is 0 Å². The number of nitrogens with zero attached hydrogens (tertiary/aromatic N) is 1. The van der Waals surface area contributed by atoms with Crippen LogP contribution in [0.1, 0.15) is 12.1 Å². The zero-order chi connectivity index (χ0) is 12.6. The highest BCUT2D eigenvalue weighted by Crippen LogP contribution is 2.20. The number of alkyl halides is 2. The molecule has 2 aromatic rings. The Hall–Kier alpha value is -1.63. The third kappa shape index (κ3) is 2.23. The molecule has 0 aliphatic heterocycles. The SMILES string of the molecule is Fc1ccc(-n2[nH]c(C(F)F)cc2=S)c(F)c1. The van der Waals surface area contributed by atoms with Crippen LogP contribution in [0.5, 0.6) is 0 Å². The minimum atomic E-state index is -2.73. The fourth-order valence-electron chi connectivity index (χ4n) is 1.37. The Kier molecular flexibility index (Phi) is 3.01. The van der Waals surface area contributed by atoms with Crippen LogP contribution in [0.25, 0.3) is 5.69 Å². The van der Waals surface area contributed by atoms with Crippen LogP contribution in [0, 0.1) is 16.3 Å². The molecule has 7 heteroatoms. The van der Waals surface area contributed by atoms with Crippen molar-refractivity contribution in [2.45, 2.75) is 6.43 Å². The molecule has 2 nitrogen and oxygen atoms in total. The summed E-state index contributed by atoms with van der Waals surface area (Å²) in [5.74, 6) is -1.64. The van der Waals surface area contributed by atoms with E-state index in [-0.39, 0.29) is 10.3 Å². The molecule has 0 amide bonds. The molecule has 1 aromatic carbocycles. The first kappa shape index (κ1) is 11.8. The Bertz CT molecular complexity index is 603. The number of nitrogens with one attached hydrogen (secondary N) is 1. The van der Waals surface area contributed by atoms with Gasteiger partial charge in [-0.2, -0.15) is 0 Å². The van der Waals surface area contributed by atoms with Crippen molar-refractivity contribution in [3.8, 4) is 5.69 Å². The van der Waals surface area contributed by atoms with Gasteiger partial charge in [0.15, 0.2) is 5.82 Å². The first-order valence-electron chi connectivity index (χ1n) is 4.54. The van der Waals surface area contributed by atoms with E-state index in [1.807, 2.05) is 0 Å². The van der Waals surface area contributed by atoms with E-state index in [2.05, 4.69) is 5.10 Å². The molecule has 0 radical (unpaired) electrons. The number of aromatic nitrogens is 2. The summed E-state index contributed by atoms with van der Waals surface area (Å²) in [5, 5.41) is 2.26. The predicted molar refractivity (Wildman–Crippen MR) is 55.8 cm³/mol. The van der Waals surface area contributed by atoms with Crippen LogP contribution in [-0.2, 0) is 0 Å². The Morgan fingerprint density at radius 1 is 1.18 bits per heavy atom. The Balaban J connectivity index is 2.57. The van der Waals surface area contributed by atoms with Gasteiger partial charge < -0.3 is 0 Å². The van der Waals surface area contributed by atoms with E-state index in [9.17, 15) is 17.6 Å². The van der Waals surface area contributed by atoms with Crippen LogP contribution < -0.4 is 0 Å². The molecule has 0 unspecified atom stereocenters. The molecule has 2 rings (SSSR count). The van der Waals surface area contributed by atoms with Crippen molar-refractivity contribution in [1.29, 1.82) is 0 Å². The summed E-state index contributed by atoms with van der Waals surface area (Å²) >= 11 is 4.80. The molecule has 0 saturated carbocycles. The summed E-state index contributed by atoms with van der Waals surface area (Å²) in [5.41, 5.74) is -0.526. The van der Waals surface area contributed by atoms with E-state index in [0.29, 0.717) is 6.07 Å². The zero-order valence-electron chi connectivity index (χ0n) is 8.25. The largest absolute Gasteiger partial charge is 0.291 e. The van der Waals surface area contributed by atoms with Gasteiger partial charge >= 0.3 is 0 Å². The molecule has 0 aliphatic carbocycles. The van der Waals surface area contributed by atoms with E-state index in [1.165, 1.54) is 0 Å². The standard InChI is InChI=1S/C10H6F4N2S/c11-5-1-2-8(6(12)3-5)16-9(17)4-7(15-16)10(13)14/h1-4,10,15H. The Morgan fingerprint density at radius 3 is 2.41 bits per heavy atom. The van der Waals surface area contributed by atoms with Gasteiger partial charge in [0.25, 0.3) is 6.43 Å². The van der Waals surface area contributed by atoms with Crippen LogP contribution in [0.3, 0.4) is 0 Å². The summed E-state index contributed by atoms with van der Waals surface area (Å²) < 4.78 is 51.9. The Morgan fingerprint density at radius 2 is 1.88 bits per heavy atom. The smallest absolute Gasteiger partial charge is 0.279 e. The lowest BCUT2D eigenvalue weighted by Gasteiger charge is -2.04. The molecular formula is C10H6F4N2S. The van der Waals surface area contributed by atoms with Crippen molar-refractivity contribution < 1.29 is 17.6 Å². The summed E-state index contributed by atoms with van der Waals surface area (Å²) in [7, 11) is 0. The van der Waals surface area contributed by atoms with E-state index in [4.69, 9.17) is 12.2 Å². The maximum Gasteiger partial charge on any atom is 0.279 e. The highest BCUT2D eigenvalue weighted by atomic mass is 32.1. The first-order chi connectivity index (χ1) is 7.99. The average molecular weight is 262 g/mol. The average Bonchev–Trinajstić information content (AvgIpc) is 2.61. The maximum atomic E-state index is 13.4. The molecule has 0 aliphatic rings. The van der Waals surface area contributed by atoms with Crippen molar-refractivity contribution in [3.05, 3.63) is 46.2 Å². The van der Waals surface area contributed by atoms with Crippen LogP contribution in [0.15, 0.2) is 24.3 Å². The van der Waals surface area contributed by atoms with Gasteiger partial charge in [0.2, 0.25) is 0 Å². The summed E-state index contributed by atoms with van der Waals surface area (Å²) in [4.78, 5) is 0. The summed E-state index contributed by atoms with van der Waals surface area (Å²) in [6.45, 7) is 0. The lowest BCUT2D eigenvalue weighted by Crippen LogP contribution is -2.01. The second-order valence-electron chi connectivity index (χ2n) is 3.28. The van der Waals surface area contributed by atoms with Crippen LogP contribution in [0.4, 0.5) is 17.6 Å². The van der Waals surface area contributed by atoms with Crippen LogP contribution in [0.2, 0.25) is 0 Å². The minimum Gasteiger partial charge on any atom is -0.291 e. The second-order valence-corrected chi connectivity index (χ2v) is 3.70. The van der Waals surface area contributed by atoms with Crippen molar-refractivity contribution in [1.82, 2.24) is 9.78 Å². The number of hydrogen-bond acceptors (Lipinski definition) is 1. The van der Waals surface area contributed by atoms with Crippen LogP contribution in [-0.4, -0.2) is 9.78 Å². The number of benzene rings is 1. The summed E-state index contributed by atoms with van der Waals surface area (Å²) in [6.07, 6.45) is -2.73. The summed E-state index contributed by atoms with van der Waals surface area (Å²) in [6, 6.07) is 3.82. The molecule has 1 aromatic heterocycles. The quantitative estimate of drug-likeness (QED) is 0.645. The molecule has 0 atom stereocenters. The van der Waals surface area contributed by atoms with Crippen molar-refractivity contribution in [2.75, 3.05) is 0 Å². The van der Waals surface area contributed by atoms with Gasteiger partial charge in [-0.05, 0) is 12.1 Å².